The number of aromatic nitrogens is 1. The van der Waals surface area contributed by atoms with Crippen LogP contribution < -0.4 is 10.1 Å². The minimum Gasteiger partial charge on any atom is -0.484 e. The highest BCUT2D eigenvalue weighted by Gasteiger charge is 2.14. The Kier molecular flexibility index (Phi) is 5.51. The third-order valence-electron chi connectivity index (χ3n) is 4.35. The summed E-state index contributed by atoms with van der Waals surface area (Å²) in [5.41, 5.74) is 4.55. The Bertz CT molecular complexity index is 1150. The number of nitrogens with zero attached hydrogens (tertiary/aromatic N) is 1. The minimum absolute atomic E-state index is 0.0786. The molecule has 6 heteroatoms. The van der Waals surface area contributed by atoms with E-state index in [1.165, 1.54) is 0 Å². The first-order valence-corrected chi connectivity index (χ1v) is 10.3. The van der Waals surface area contributed by atoms with E-state index in [0.29, 0.717) is 16.5 Å². The van der Waals surface area contributed by atoms with Crippen LogP contribution in [0.25, 0.3) is 20.8 Å². The molecule has 0 atom stereocenters. The summed E-state index contributed by atoms with van der Waals surface area (Å²) in [5.74, 6) is 0.439. The fourth-order valence-electron chi connectivity index (χ4n) is 3.14. The molecule has 146 valence electrons. The van der Waals surface area contributed by atoms with Gasteiger partial charge < -0.3 is 10.1 Å². The number of amides is 1. The van der Waals surface area contributed by atoms with Crippen molar-refractivity contribution in [2.45, 2.75) is 13.8 Å². The number of para-hydroxylation sites is 1. The lowest BCUT2D eigenvalue weighted by molar-refractivity contribution is -0.118. The van der Waals surface area contributed by atoms with Gasteiger partial charge in [-0.3, -0.25) is 4.79 Å². The number of aryl methyl sites for hydroxylation is 2. The maximum Gasteiger partial charge on any atom is 0.262 e. The number of ether oxygens (including phenoxy) is 1. The van der Waals surface area contributed by atoms with E-state index in [9.17, 15) is 4.79 Å². The SMILES string of the molecule is Cc1cc(C)cc(OCC(=O)Nc2ccc(Cl)cc2-c2nc3ccccc3s2)c1. The fraction of sp³-hybridized carbons (Fsp3) is 0.130. The zero-order chi connectivity index (χ0) is 20.4. The van der Waals surface area contributed by atoms with Crippen LogP contribution in [-0.4, -0.2) is 17.5 Å². The van der Waals surface area contributed by atoms with E-state index in [4.69, 9.17) is 16.3 Å². The molecule has 1 amide bonds. The van der Waals surface area contributed by atoms with Crippen molar-refractivity contribution in [3.8, 4) is 16.3 Å². The number of fused-ring (bicyclic) bond motifs is 1. The van der Waals surface area contributed by atoms with Crippen LogP contribution in [0.15, 0.2) is 60.7 Å². The molecule has 1 N–H and O–H groups in total. The van der Waals surface area contributed by atoms with Crippen LogP contribution in [0.4, 0.5) is 5.69 Å². The van der Waals surface area contributed by atoms with Crippen LogP contribution in [-0.2, 0) is 4.79 Å². The highest BCUT2D eigenvalue weighted by Crippen LogP contribution is 2.36. The molecule has 1 heterocycles. The van der Waals surface area contributed by atoms with Gasteiger partial charge in [0.05, 0.1) is 15.9 Å². The number of rotatable bonds is 5. The predicted molar refractivity (Wildman–Crippen MR) is 120 cm³/mol. The van der Waals surface area contributed by atoms with E-state index in [0.717, 1.165) is 31.9 Å². The lowest BCUT2D eigenvalue weighted by Crippen LogP contribution is -2.20. The third-order valence-corrected chi connectivity index (χ3v) is 5.65. The first-order valence-electron chi connectivity index (χ1n) is 9.14. The Labute approximate surface area is 178 Å². The van der Waals surface area contributed by atoms with Crippen molar-refractivity contribution in [2.75, 3.05) is 11.9 Å². The maximum absolute atomic E-state index is 12.5. The van der Waals surface area contributed by atoms with E-state index in [1.807, 2.05) is 56.3 Å². The summed E-state index contributed by atoms with van der Waals surface area (Å²) < 4.78 is 6.75. The van der Waals surface area contributed by atoms with Crippen LogP contribution in [0, 0.1) is 13.8 Å². The lowest BCUT2D eigenvalue weighted by Gasteiger charge is -2.11. The van der Waals surface area contributed by atoms with E-state index in [1.54, 1.807) is 23.5 Å². The molecule has 0 aliphatic heterocycles. The number of carbonyl (C=O) groups is 1. The van der Waals surface area contributed by atoms with Crippen molar-refractivity contribution >= 4 is 44.7 Å². The van der Waals surface area contributed by atoms with E-state index in [2.05, 4.69) is 16.4 Å². The molecule has 4 nitrogen and oxygen atoms in total. The topological polar surface area (TPSA) is 51.2 Å². The van der Waals surface area contributed by atoms with Gasteiger partial charge in [-0.2, -0.15) is 0 Å². The largest absolute Gasteiger partial charge is 0.484 e. The molecule has 0 spiro atoms. The number of halogens is 1. The van der Waals surface area contributed by atoms with Crippen molar-refractivity contribution in [3.05, 3.63) is 76.8 Å². The third kappa shape index (κ3) is 4.58. The molecule has 0 radical (unpaired) electrons. The van der Waals surface area contributed by atoms with Gasteiger partial charge >= 0.3 is 0 Å². The standard InChI is InChI=1S/C23H19ClN2O2S/c1-14-9-15(2)11-17(10-14)28-13-22(27)25-19-8-7-16(24)12-18(19)23-26-20-5-3-4-6-21(20)29-23/h3-12H,13H2,1-2H3,(H,25,27). The zero-order valence-corrected chi connectivity index (χ0v) is 17.6. The molecule has 0 aliphatic carbocycles. The molecule has 3 aromatic carbocycles. The average Bonchev–Trinajstić information content (AvgIpc) is 3.11. The highest BCUT2D eigenvalue weighted by atomic mass is 35.5. The second-order valence-electron chi connectivity index (χ2n) is 6.84. The molecule has 0 saturated heterocycles. The van der Waals surface area contributed by atoms with Crippen LogP contribution in [0.3, 0.4) is 0 Å². The molecule has 0 aliphatic rings. The molecule has 0 fully saturated rings. The Balaban J connectivity index is 1.54. The van der Waals surface area contributed by atoms with Crippen molar-refractivity contribution in [1.82, 2.24) is 4.98 Å². The van der Waals surface area contributed by atoms with Gasteiger partial charge in [0.2, 0.25) is 0 Å². The molecular formula is C23H19ClN2O2S. The van der Waals surface area contributed by atoms with Gasteiger partial charge in [-0.05, 0) is 67.4 Å². The molecule has 0 unspecified atom stereocenters. The molecule has 0 bridgehead atoms. The van der Waals surface area contributed by atoms with Gasteiger partial charge in [0.1, 0.15) is 10.8 Å². The smallest absolute Gasteiger partial charge is 0.262 e. The van der Waals surface area contributed by atoms with Gasteiger partial charge in [-0.1, -0.05) is 29.8 Å². The average molecular weight is 423 g/mol. The molecule has 29 heavy (non-hydrogen) atoms. The molecule has 1 aromatic heterocycles. The van der Waals surface area contributed by atoms with Crippen molar-refractivity contribution in [2.24, 2.45) is 0 Å². The van der Waals surface area contributed by atoms with Crippen molar-refractivity contribution in [1.29, 1.82) is 0 Å². The number of hydrogen-bond acceptors (Lipinski definition) is 4. The van der Waals surface area contributed by atoms with Crippen LogP contribution in [0.5, 0.6) is 5.75 Å². The summed E-state index contributed by atoms with van der Waals surface area (Å²) >= 11 is 7.77. The quantitative estimate of drug-likeness (QED) is 0.413. The normalized spacial score (nSPS) is 10.9. The predicted octanol–water partition coefficient (Wildman–Crippen LogP) is 6.25. The number of hydrogen-bond donors (Lipinski definition) is 1. The monoisotopic (exact) mass is 422 g/mol. The fourth-order valence-corrected chi connectivity index (χ4v) is 4.31. The van der Waals surface area contributed by atoms with Gasteiger partial charge in [-0.15, -0.1) is 11.3 Å². The number of nitrogens with one attached hydrogen (secondary N) is 1. The Morgan fingerprint density at radius 2 is 1.83 bits per heavy atom. The lowest BCUT2D eigenvalue weighted by atomic mass is 10.1. The Morgan fingerprint density at radius 3 is 2.59 bits per heavy atom. The van der Waals surface area contributed by atoms with E-state index >= 15 is 0 Å². The number of carbonyl (C=O) groups excluding carboxylic acids is 1. The summed E-state index contributed by atoms with van der Waals surface area (Å²) in [6, 6.07) is 19.2. The summed E-state index contributed by atoms with van der Waals surface area (Å²) in [6.07, 6.45) is 0. The first-order chi connectivity index (χ1) is 14.0. The number of thiazole rings is 1. The molecular weight excluding hydrogens is 404 g/mol. The summed E-state index contributed by atoms with van der Waals surface area (Å²) in [7, 11) is 0. The highest BCUT2D eigenvalue weighted by molar-refractivity contribution is 7.21. The molecule has 4 rings (SSSR count). The maximum atomic E-state index is 12.5. The first kappa shape index (κ1) is 19.4. The van der Waals surface area contributed by atoms with Gasteiger partial charge in [0.25, 0.3) is 5.91 Å². The molecule has 0 saturated carbocycles. The van der Waals surface area contributed by atoms with Gasteiger partial charge in [0.15, 0.2) is 6.61 Å². The zero-order valence-electron chi connectivity index (χ0n) is 16.0. The number of anilines is 1. The second kappa shape index (κ2) is 8.23. The van der Waals surface area contributed by atoms with Crippen molar-refractivity contribution in [3.63, 3.8) is 0 Å². The van der Waals surface area contributed by atoms with Gasteiger partial charge in [0, 0.05) is 10.6 Å². The van der Waals surface area contributed by atoms with Crippen LogP contribution in [0.2, 0.25) is 5.02 Å². The summed E-state index contributed by atoms with van der Waals surface area (Å²) in [6.45, 7) is 3.92. The Hall–Kier alpha value is -2.89. The summed E-state index contributed by atoms with van der Waals surface area (Å²) in [4.78, 5) is 17.2. The van der Waals surface area contributed by atoms with E-state index in [-0.39, 0.29) is 12.5 Å². The minimum atomic E-state index is -0.242. The van der Waals surface area contributed by atoms with Crippen LogP contribution >= 0.6 is 22.9 Å². The summed E-state index contributed by atoms with van der Waals surface area (Å²) in [5, 5.41) is 4.32. The Morgan fingerprint density at radius 1 is 1.07 bits per heavy atom. The van der Waals surface area contributed by atoms with Gasteiger partial charge in [-0.25, -0.2) is 4.98 Å². The van der Waals surface area contributed by atoms with Crippen molar-refractivity contribution < 1.29 is 9.53 Å². The number of benzene rings is 3. The molecule has 4 aromatic rings. The van der Waals surface area contributed by atoms with E-state index < -0.39 is 0 Å². The van der Waals surface area contributed by atoms with Crippen LogP contribution in [0.1, 0.15) is 11.1 Å². The second-order valence-corrected chi connectivity index (χ2v) is 8.30.